The number of ether oxygens (including phenoxy) is 1. The molecule has 1 atom stereocenters. The van der Waals surface area contributed by atoms with Crippen molar-refractivity contribution in [1.29, 1.82) is 5.26 Å². The zero-order valence-electron chi connectivity index (χ0n) is 17.2. The van der Waals surface area contributed by atoms with Gasteiger partial charge in [0, 0.05) is 11.7 Å². The molecule has 0 radical (unpaired) electrons. The number of nitriles is 1. The van der Waals surface area contributed by atoms with E-state index in [4.69, 9.17) is 10.00 Å². The van der Waals surface area contributed by atoms with E-state index >= 15 is 0 Å². The van der Waals surface area contributed by atoms with Crippen LogP contribution in [-0.2, 0) is 11.4 Å². The molecular formula is C24H29N3O2. The quantitative estimate of drug-likeness (QED) is 0.721. The lowest BCUT2D eigenvalue weighted by molar-refractivity contribution is -0.122. The molecule has 2 aromatic rings. The van der Waals surface area contributed by atoms with Crippen molar-refractivity contribution in [3.05, 3.63) is 59.7 Å². The van der Waals surface area contributed by atoms with E-state index in [0.29, 0.717) is 18.2 Å². The van der Waals surface area contributed by atoms with E-state index in [2.05, 4.69) is 23.6 Å². The average molecular weight is 392 g/mol. The van der Waals surface area contributed by atoms with Crippen molar-refractivity contribution >= 4 is 11.6 Å². The molecule has 3 rings (SSSR count). The standard InChI is InChI=1S/C24H29N3O2/c1-17-6-8-22(9-7-17)27-24(28)18(2)26-21-10-12-23(13-11-21)29-16-20-5-3-4-19(14-20)15-25/h3-5,10-14,17-18,22,26H,6-9,16H2,1-2H3,(H,27,28). The Balaban J connectivity index is 1.46. The van der Waals surface area contributed by atoms with Crippen LogP contribution >= 0.6 is 0 Å². The van der Waals surface area contributed by atoms with Crippen LogP contribution < -0.4 is 15.4 Å². The summed E-state index contributed by atoms with van der Waals surface area (Å²) in [4.78, 5) is 12.5. The summed E-state index contributed by atoms with van der Waals surface area (Å²) in [5.41, 5.74) is 2.46. The summed E-state index contributed by atoms with van der Waals surface area (Å²) in [7, 11) is 0. The van der Waals surface area contributed by atoms with Gasteiger partial charge in [0.05, 0.1) is 11.6 Å². The Morgan fingerprint density at radius 2 is 1.90 bits per heavy atom. The molecule has 1 aliphatic rings. The van der Waals surface area contributed by atoms with Gasteiger partial charge in [-0.1, -0.05) is 19.1 Å². The number of nitrogens with one attached hydrogen (secondary N) is 2. The highest BCUT2D eigenvalue weighted by Crippen LogP contribution is 2.23. The van der Waals surface area contributed by atoms with Gasteiger partial charge in [-0.05, 0) is 80.5 Å². The Hall–Kier alpha value is -3.00. The summed E-state index contributed by atoms with van der Waals surface area (Å²) in [5.74, 6) is 1.56. The van der Waals surface area contributed by atoms with Crippen molar-refractivity contribution in [2.75, 3.05) is 5.32 Å². The molecule has 1 amide bonds. The van der Waals surface area contributed by atoms with Gasteiger partial charge in [0.25, 0.3) is 0 Å². The van der Waals surface area contributed by atoms with Crippen LogP contribution in [0.3, 0.4) is 0 Å². The van der Waals surface area contributed by atoms with E-state index in [-0.39, 0.29) is 11.9 Å². The summed E-state index contributed by atoms with van der Waals surface area (Å²) in [6, 6.07) is 17.1. The summed E-state index contributed by atoms with van der Waals surface area (Å²) in [6.07, 6.45) is 4.52. The molecule has 0 aromatic heterocycles. The van der Waals surface area contributed by atoms with Gasteiger partial charge in [0.2, 0.25) is 5.91 Å². The maximum atomic E-state index is 12.5. The lowest BCUT2D eigenvalue weighted by atomic mass is 9.87. The van der Waals surface area contributed by atoms with Crippen LogP contribution in [0.15, 0.2) is 48.5 Å². The minimum absolute atomic E-state index is 0.0438. The smallest absolute Gasteiger partial charge is 0.242 e. The lowest BCUT2D eigenvalue weighted by Crippen LogP contribution is -2.44. The number of anilines is 1. The van der Waals surface area contributed by atoms with Gasteiger partial charge < -0.3 is 15.4 Å². The first-order valence-corrected chi connectivity index (χ1v) is 10.3. The molecule has 1 fully saturated rings. The van der Waals surface area contributed by atoms with Crippen molar-refractivity contribution < 1.29 is 9.53 Å². The number of rotatable bonds is 7. The molecule has 1 unspecified atom stereocenters. The molecule has 0 heterocycles. The fourth-order valence-electron chi connectivity index (χ4n) is 3.59. The van der Waals surface area contributed by atoms with Gasteiger partial charge in [-0.15, -0.1) is 0 Å². The van der Waals surface area contributed by atoms with Gasteiger partial charge in [-0.3, -0.25) is 4.79 Å². The number of carbonyl (C=O) groups is 1. The number of hydrogen-bond acceptors (Lipinski definition) is 4. The summed E-state index contributed by atoms with van der Waals surface area (Å²) >= 11 is 0. The molecule has 2 N–H and O–H groups in total. The largest absolute Gasteiger partial charge is 0.489 e. The molecule has 0 saturated heterocycles. The van der Waals surface area contributed by atoms with Crippen molar-refractivity contribution in [2.24, 2.45) is 5.92 Å². The highest BCUT2D eigenvalue weighted by Gasteiger charge is 2.22. The number of amides is 1. The van der Waals surface area contributed by atoms with E-state index in [1.165, 1.54) is 12.8 Å². The van der Waals surface area contributed by atoms with Crippen LogP contribution in [0.25, 0.3) is 0 Å². The normalized spacial score (nSPS) is 19.6. The molecular weight excluding hydrogens is 362 g/mol. The molecule has 29 heavy (non-hydrogen) atoms. The van der Waals surface area contributed by atoms with Crippen LogP contribution in [0.1, 0.15) is 50.7 Å². The van der Waals surface area contributed by atoms with Crippen LogP contribution in [0.5, 0.6) is 5.75 Å². The minimum atomic E-state index is -0.296. The summed E-state index contributed by atoms with van der Waals surface area (Å²) < 4.78 is 5.79. The molecule has 5 heteroatoms. The molecule has 152 valence electrons. The highest BCUT2D eigenvalue weighted by molar-refractivity contribution is 5.84. The second-order valence-electron chi connectivity index (χ2n) is 7.96. The summed E-state index contributed by atoms with van der Waals surface area (Å²) in [5, 5.41) is 15.4. The van der Waals surface area contributed by atoms with Crippen molar-refractivity contribution in [3.8, 4) is 11.8 Å². The van der Waals surface area contributed by atoms with Gasteiger partial charge >= 0.3 is 0 Å². The van der Waals surface area contributed by atoms with Gasteiger partial charge in [-0.25, -0.2) is 0 Å². The third-order valence-electron chi connectivity index (χ3n) is 5.45. The number of carbonyl (C=O) groups excluding carboxylic acids is 1. The number of benzene rings is 2. The third kappa shape index (κ3) is 6.25. The SMILES string of the molecule is CC1CCC(NC(=O)C(C)Nc2ccc(OCc3cccc(C#N)c3)cc2)CC1. The number of nitrogens with zero attached hydrogens (tertiary/aromatic N) is 1. The zero-order valence-corrected chi connectivity index (χ0v) is 17.2. The van der Waals surface area contributed by atoms with E-state index in [1.54, 1.807) is 6.07 Å². The summed E-state index contributed by atoms with van der Waals surface area (Å²) in [6.45, 7) is 4.56. The fourth-order valence-corrected chi connectivity index (χ4v) is 3.59. The molecule has 0 bridgehead atoms. The topological polar surface area (TPSA) is 74.2 Å². The molecule has 1 saturated carbocycles. The molecule has 2 aromatic carbocycles. The fraction of sp³-hybridized carbons (Fsp3) is 0.417. The zero-order chi connectivity index (χ0) is 20.6. The van der Waals surface area contributed by atoms with Gasteiger partial charge in [0.1, 0.15) is 18.4 Å². The predicted octanol–water partition coefficient (Wildman–Crippen LogP) is 4.63. The Kier molecular flexibility index (Phi) is 7.13. The van der Waals surface area contributed by atoms with Crippen LogP contribution in [-0.4, -0.2) is 18.0 Å². The monoisotopic (exact) mass is 391 g/mol. The Bertz CT molecular complexity index is 849. The number of hydrogen-bond donors (Lipinski definition) is 2. The molecule has 0 aliphatic heterocycles. The predicted molar refractivity (Wildman–Crippen MR) is 115 cm³/mol. The van der Waals surface area contributed by atoms with E-state index in [1.807, 2.05) is 49.4 Å². The van der Waals surface area contributed by atoms with E-state index < -0.39 is 0 Å². The van der Waals surface area contributed by atoms with Crippen molar-refractivity contribution in [1.82, 2.24) is 5.32 Å². The minimum Gasteiger partial charge on any atom is -0.489 e. The van der Waals surface area contributed by atoms with Crippen LogP contribution in [0.4, 0.5) is 5.69 Å². The highest BCUT2D eigenvalue weighted by atomic mass is 16.5. The van der Waals surface area contributed by atoms with Crippen molar-refractivity contribution in [2.45, 2.75) is 58.2 Å². The Labute approximate surface area is 173 Å². The van der Waals surface area contributed by atoms with Gasteiger partial charge in [-0.2, -0.15) is 5.26 Å². The molecule has 5 nitrogen and oxygen atoms in total. The second kappa shape index (κ2) is 9.97. The van der Waals surface area contributed by atoms with Crippen molar-refractivity contribution in [3.63, 3.8) is 0 Å². The maximum absolute atomic E-state index is 12.5. The Morgan fingerprint density at radius 1 is 1.17 bits per heavy atom. The average Bonchev–Trinajstić information content (AvgIpc) is 2.75. The molecule has 0 spiro atoms. The maximum Gasteiger partial charge on any atom is 0.242 e. The second-order valence-corrected chi connectivity index (χ2v) is 7.96. The van der Waals surface area contributed by atoms with Crippen LogP contribution in [0.2, 0.25) is 0 Å². The lowest BCUT2D eigenvalue weighted by Gasteiger charge is -2.28. The molecule has 1 aliphatic carbocycles. The van der Waals surface area contributed by atoms with Gasteiger partial charge in [0.15, 0.2) is 0 Å². The van der Waals surface area contributed by atoms with E-state index in [0.717, 1.165) is 35.8 Å². The van der Waals surface area contributed by atoms with E-state index in [9.17, 15) is 4.79 Å². The first-order chi connectivity index (χ1) is 14.0. The van der Waals surface area contributed by atoms with Crippen LogP contribution in [0, 0.1) is 17.2 Å². The third-order valence-corrected chi connectivity index (χ3v) is 5.45. The first kappa shape index (κ1) is 20.7. The first-order valence-electron chi connectivity index (χ1n) is 10.3. The Morgan fingerprint density at radius 3 is 2.59 bits per heavy atom.